The molecule has 0 aliphatic heterocycles. The molecule has 0 bridgehead atoms. The summed E-state index contributed by atoms with van der Waals surface area (Å²) in [5, 5.41) is 0. The lowest BCUT2D eigenvalue weighted by atomic mass is 9.93. The zero-order chi connectivity index (χ0) is 11.5. The molecule has 0 radical (unpaired) electrons. The molecular weight excluding hydrogens is 196 g/mol. The number of hydrogen-bond donors (Lipinski definition) is 1. The second-order valence-electron chi connectivity index (χ2n) is 3.47. The molecule has 2 N–H and O–H groups in total. The van der Waals surface area contributed by atoms with Gasteiger partial charge in [-0.1, -0.05) is 18.7 Å². The summed E-state index contributed by atoms with van der Waals surface area (Å²) in [4.78, 5) is 0. The summed E-state index contributed by atoms with van der Waals surface area (Å²) in [5.74, 6) is -3.84. The van der Waals surface area contributed by atoms with Crippen LogP contribution in [0.3, 0.4) is 0 Å². The molecule has 1 aromatic carbocycles. The van der Waals surface area contributed by atoms with Gasteiger partial charge in [0.1, 0.15) is 0 Å². The lowest BCUT2D eigenvalue weighted by Crippen LogP contribution is -2.20. The molecule has 0 saturated heterocycles. The smallest absolute Gasteiger partial charge is 0.256 e. The molecule has 1 unspecified atom stereocenters. The fraction of sp³-hybridized carbons (Fsp3) is 0.250. The summed E-state index contributed by atoms with van der Waals surface area (Å²) in [5.41, 5.74) is 8.95. The van der Waals surface area contributed by atoms with Gasteiger partial charge in [-0.3, -0.25) is 0 Å². The van der Waals surface area contributed by atoms with Crippen molar-refractivity contribution in [1.29, 1.82) is 0 Å². The zero-order valence-corrected chi connectivity index (χ0v) is 8.50. The Balaban J connectivity index is 3.10. The highest BCUT2D eigenvalue weighted by atomic mass is 19.3. The van der Waals surface area contributed by atoms with Crippen LogP contribution in [0.5, 0.6) is 0 Å². The molecule has 0 aliphatic carbocycles. The van der Waals surface area contributed by atoms with Crippen LogP contribution in [-0.4, -0.2) is 5.92 Å². The van der Waals surface area contributed by atoms with Crippen molar-refractivity contribution in [3.05, 3.63) is 48.2 Å². The monoisotopic (exact) mass is 209 g/mol. The molecule has 80 valence electrons. The van der Waals surface area contributed by atoms with Crippen molar-refractivity contribution in [1.82, 2.24) is 0 Å². The second kappa shape index (κ2) is 4.28. The molecule has 0 amide bonds. The average molecular weight is 209 g/mol. The molecule has 0 aromatic heterocycles. The maximum Gasteiger partial charge on any atom is 0.256 e. The van der Waals surface area contributed by atoms with E-state index in [1.807, 2.05) is 0 Å². The Morgan fingerprint density at radius 2 is 1.93 bits per heavy atom. The van der Waals surface area contributed by atoms with E-state index in [1.165, 1.54) is 6.08 Å². The van der Waals surface area contributed by atoms with Gasteiger partial charge in [0.25, 0.3) is 5.92 Å². The summed E-state index contributed by atoms with van der Waals surface area (Å²) in [6.07, 6.45) is 1.27. The Labute approximate surface area is 87.9 Å². The van der Waals surface area contributed by atoms with Crippen molar-refractivity contribution >= 4 is 5.69 Å². The van der Waals surface area contributed by atoms with Gasteiger partial charge in [0, 0.05) is 12.6 Å². The number of alkyl halides is 2. The first-order chi connectivity index (χ1) is 6.95. The van der Waals surface area contributed by atoms with Crippen molar-refractivity contribution < 1.29 is 8.78 Å². The molecule has 0 heterocycles. The summed E-state index contributed by atoms with van der Waals surface area (Å²) in [6.45, 7) is 4.20. The van der Waals surface area contributed by atoms with Gasteiger partial charge < -0.3 is 5.73 Å². The van der Waals surface area contributed by atoms with Crippen LogP contribution in [0.4, 0.5) is 14.5 Å². The summed E-state index contributed by atoms with van der Waals surface area (Å²) in [7, 11) is 0. The van der Waals surface area contributed by atoms with Crippen LogP contribution >= 0.6 is 0 Å². The predicted octanol–water partition coefficient (Wildman–Crippen LogP) is 3.35. The van der Waals surface area contributed by atoms with Crippen molar-refractivity contribution in [2.75, 3.05) is 5.73 Å². The molecule has 3 heteroatoms. The molecule has 0 fully saturated rings. The van der Waals surface area contributed by atoms with Crippen molar-refractivity contribution in [3.8, 4) is 0 Å². The number of anilines is 1. The van der Waals surface area contributed by atoms with Gasteiger partial charge in [0.15, 0.2) is 0 Å². The van der Waals surface area contributed by atoms with Crippen molar-refractivity contribution in [2.45, 2.75) is 18.8 Å². The summed E-state index contributed by atoms with van der Waals surface area (Å²) in [6, 6.07) is 6.38. The van der Waals surface area contributed by atoms with Crippen molar-refractivity contribution in [2.24, 2.45) is 0 Å². The van der Waals surface area contributed by atoms with E-state index in [1.54, 1.807) is 24.3 Å². The molecule has 1 aromatic rings. The highest BCUT2D eigenvalue weighted by Crippen LogP contribution is 2.34. The molecule has 0 spiro atoms. The van der Waals surface area contributed by atoms with E-state index < -0.39 is 11.8 Å². The topological polar surface area (TPSA) is 26.0 Å². The second-order valence-corrected chi connectivity index (χ2v) is 3.47. The normalized spacial score (nSPS) is 13.0. The third-order valence-electron chi connectivity index (χ3n) is 2.13. The Morgan fingerprint density at radius 3 is 2.33 bits per heavy atom. The minimum atomic E-state index is -2.83. The molecular formula is C12H13F2N. The average Bonchev–Trinajstić information content (AvgIpc) is 2.14. The fourth-order valence-corrected chi connectivity index (χ4v) is 1.36. The molecule has 1 rings (SSSR count). The van der Waals surface area contributed by atoms with Gasteiger partial charge in [0.2, 0.25) is 0 Å². The highest BCUT2D eigenvalue weighted by molar-refractivity contribution is 5.41. The zero-order valence-electron chi connectivity index (χ0n) is 8.50. The number of allylic oxidation sites excluding steroid dienone is 1. The first-order valence-corrected chi connectivity index (χ1v) is 4.54. The van der Waals surface area contributed by atoms with Gasteiger partial charge in [-0.2, -0.15) is 0 Å². The van der Waals surface area contributed by atoms with Crippen LogP contribution in [0.1, 0.15) is 18.4 Å². The first kappa shape index (κ1) is 11.5. The van der Waals surface area contributed by atoms with Gasteiger partial charge in [-0.15, -0.1) is 5.73 Å². The van der Waals surface area contributed by atoms with E-state index in [4.69, 9.17) is 5.73 Å². The number of nitrogen functional groups attached to an aromatic ring is 1. The quantitative estimate of drug-likeness (QED) is 0.599. The van der Waals surface area contributed by atoms with E-state index in [9.17, 15) is 8.78 Å². The van der Waals surface area contributed by atoms with E-state index in [-0.39, 0.29) is 0 Å². The minimum absolute atomic E-state index is 0.507. The lowest BCUT2D eigenvalue weighted by molar-refractivity contribution is 0.00682. The standard InChI is InChI=1S/C12H13F2N/c1-3-4-11(12(2,13)14)9-5-7-10(15)8-6-9/h4-8,11H,1,15H2,2H3. The van der Waals surface area contributed by atoms with Crippen LogP contribution < -0.4 is 5.73 Å². The Morgan fingerprint density at radius 1 is 1.40 bits per heavy atom. The number of halogens is 2. The summed E-state index contributed by atoms with van der Waals surface area (Å²) < 4.78 is 26.5. The van der Waals surface area contributed by atoms with Crippen LogP contribution in [0.2, 0.25) is 0 Å². The van der Waals surface area contributed by atoms with Gasteiger partial charge in [0.05, 0.1) is 5.92 Å². The number of rotatable bonds is 3. The van der Waals surface area contributed by atoms with Crippen LogP contribution in [0.25, 0.3) is 0 Å². The first-order valence-electron chi connectivity index (χ1n) is 4.54. The summed E-state index contributed by atoms with van der Waals surface area (Å²) >= 11 is 0. The van der Waals surface area contributed by atoms with Gasteiger partial charge in [-0.25, -0.2) is 8.78 Å². The Bertz CT molecular complexity index is 370. The third-order valence-corrected chi connectivity index (χ3v) is 2.13. The van der Waals surface area contributed by atoms with Gasteiger partial charge >= 0.3 is 0 Å². The third kappa shape index (κ3) is 2.93. The van der Waals surface area contributed by atoms with Crippen LogP contribution in [0, 0.1) is 0 Å². The van der Waals surface area contributed by atoms with Crippen LogP contribution in [0.15, 0.2) is 42.7 Å². The van der Waals surface area contributed by atoms with E-state index in [2.05, 4.69) is 12.3 Å². The van der Waals surface area contributed by atoms with Crippen molar-refractivity contribution in [3.63, 3.8) is 0 Å². The lowest BCUT2D eigenvalue weighted by Gasteiger charge is -2.20. The Kier molecular flexibility index (Phi) is 3.28. The predicted molar refractivity (Wildman–Crippen MR) is 57.9 cm³/mol. The van der Waals surface area contributed by atoms with E-state index >= 15 is 0 Å². The largest absolute Gasteiger partial charge is 0.399 e. The molecule has 1 nitrogen and oxygen atoms in total. The molecule has 0 saturated carbocycles. The molecule has 0 aliphatic rings. The maximum absolute atomic E-state index is 13.2. The number of benzene rings is 1. The number of nitrogens with two attached hydrogens (primary N) is 1. The van der Waals surface area contributed by atoms with E-state index in [0.29, 0.717) is 11.3 Å². The maximum atomic E-state index is 13.2. The minimum Gasteiger partial charge on any atom is -0.399 e. The number of hydrogen-bond acceptors (Lipinski definition) is 1. The Hall–Kier alpha value is -1.60. The SMILES string of the molecule is C=C=CC(c1ccc(N)cc1)C(C)(F)F. The fourth-order valence-electron chi connectivity index (χ4n) is 1.36. The van der Waals surface area contributed by atoms with E-state index in [0.717, 1.165) is 6.92 Å². The van der Waals surface area contributed by atoms with Gasteiger partial charge in [-0.05, 0) is 23.8 Å². The van der Waals surface area contributed by atoms with Crippen LogP contribution in [-0.2, 0) is 0 Å². The molecule has 1 atom stereocenters. The highest BCUT2D eigenvalue weighted by Gasteiger charge is 2.33. The molecule has 15 heavy (non-hydrogen) atoms.